The van der Waals surface area contributed by atoms with Crippen molar-refractivity contribution in [2.75, 3.05) is 0 Å². The van der Waals surface area contributed by atoms with E-state index < -0.39 is 11.8 Å². The monoisotopic (exact) mass is 205 g/mol. The highest BCUT2D eigenvalue weighted by Gasteiger charge is 2.56. The highest BCUT2D eigenvalue weighted by atomic mass is 32.1. The Balaban J connectivity index is 1.99. The lowest BCUT2D eigenvalue weighted by molar-refractivity contribution is -0.0603. The van der Waals surface area contributed by atoms with E-state index in [1.807, 2.05) is 0 Å². The van der Waals surface area contributed by atoms with Crippen LogP contribution in [0.4, 0.5) is 8.78 Å². The van der Waals surface area contributed by atoms with Gasteiger partial charge >= 0.3 is 0 Å². The minimum Gasteiger partial charge on any atom is -0.393 e. The van der Waals surface area contributed by atoms with Gasteiger partial charge in [0.1, 0.15) is 0 Å². The smallest absolute Gasteiger partial charge is 0.251 e. The zero-order valence-corrected chi connectivity index (χ0v) is 8.12. The molecule has 1 nitrogen and oxygen atoms in total. The molecule has 0 spiro atoms. The fraction of sp³-hybridized carbons (Fsp3) is 0.889. The minimum atomic E-state index is -2.41. The molecule has 0 amide bonds. The molecule has 4 heteroatoms. The second-order valence-electron chi connectivity index (χ2n) is 4.32. The molecule has 0 aromatic carbocycles. The number of hydrogen-bond acceptors (Lipinski definition) is 1. The summed E-state index contributed by atoms with van der Waals surface area (Å²) in [6.45, 7) is 0. The number of nitrogens with two attached hydrogens (primary N) is 1. The van der Waals surface area contributed by atoms with Crippen LogP contribution in [0.25, 0.3) is 0 Å². The summed E-state index contributed by atoms with van der Waals surface area (Å²) in [7, 11) is 0. The van der Waals surface area contributed by atoms with E-state index in [2.05, 4.69) is 0 Å². The van der Waals surface area contributed by atoms with Crippen molar-refractivity contribution >= 4 is 17.2 Å². The van der Waals surface area contributed by atoms with Crippen LogP contribution in [0.15, 0.2) is 0 Å². The highest BCUT2D eigenvalue weighted by molar-refractivity contribution is 7.80. The van der Waals surface area contributed by atoms with Gasteiger partial charge in [0.25, 0.3) is 5.92 Å². The maximum atomic E-state index is 13.1. The summed E-state index contributed by atoms with van der Waals surface area (Å²) in [5.74, 6) is -2.29. The topological polar surface area (TPSA) is 26.0 Å². The Bertz CT molecular complexity index is 242. The van der Waals surface area contributed by atoms with Gasteiger partial charge in [-0.3, -0.25) is 0 Å². The average Bonchev–Trinajstić information content (AvgIpc) is 2.41. The van der Waals surface area contributed by atoms with Crippen LogP contribution in [0.3, 0.4) is 0 Å². The SMILES string of the molecule is NC(=S)C[C@H]1C[C@H]2C[C@@H]1CC2(F)F. The summed E-state index contributed by atoms with van der Waals surface area (Å²) in [5, 5.41) is 0. The number of halogens is 2. The second kappa shape index (κ2) is 2.87. The molecular weight excluding hydrogens is 192 g/mol. The lowest BCUT2D eigenvalue weighted by Crippen LogP contribution is -2.29. The van der Waals surface area contributed by atoms with Crippen molar-refractivity contribution in [1.82, 2.24) is 0 Å². The summed E-state index contributed by atoms with van der Waals surface area (Å²) in [5.41, 5.74) is 5.42. The Morgan fingerprint density at radius 3 is 2.54 bits per heavy atom. The van der Waals surface area contributed by atoms with Gasteiger partial charge in [0.15, 0.2) is 0 Å². The molecule has 2 aliphatic rings. The van der Waals surface area contributed by atoms with Gasteiger partial charge < -0.3 is 5.73 Å². The van der Waals surface area contributed by atoms with Gasteiger partial charge in [-0.2, -0.15) is 0 Å². The minimum absolute atomic E-state index is 0.0605. The van der Waals surface area contributed by atoms with Gasteiger partial charge in [0.05, 0.1) is 4.99 Å². The number of fused-ring (bicyclic) bond motifs is 2. The van der Waals surface area contributed by atoms with Crippen molar-refractivity contribution in [1.29, 1.82) is 0 Å². The summed E-state index contributed by atoms with van der Waals surface area (Å²) in [6.07, 6.45) is 2.02. The lowest BCUT2D eigenvalue weighted by atomic mass is 9.84. The largest absolute Gasteiger partial charge is 0.393 e. The van der Waals surface area contributed by atoms with Crippen molar-refractivity contribution in [3.8, 4) is 0 Å². The van der Waals surface area contributed by atoms with E-state index in [0.717, 1.165) is 0 Å². The number of alkyl halides is 2. The zero-order chi connectivity index (χ0) is 9.64. The first kappa shape index (κ1) is 9.31. The van der Waals surface area contributed by atoms with E-state index in [1.165, 1.54) is 0 Å². The Labute approximate surface area is 81.7 Å². The molecule has 0 heterocycles. The highest BCUT2D eigenvalue weighted by Crippen LogP contribution is 2.57. The standard InChI is InChI=1S/C9H13F2NS/c10-9(11)4-6-2-7(9)1-5(6)3-8(12)13/h5-7H,1-4H2,(H2,12,13)/t5-,6-,7+/m1/s1. The van der Waals surface area contributed by atoms with Gasteiger partial charge in [-0.15, -0.1) is 0 Å². The van der Waals surface area contributed by atoms with Crippen LogP contribution in [0.5, 0.6) is 0 Å². The molecule has 0 unspecified atom stereocenters. The molecule has 2 fully saturated rings. The maximum absolute atomic E-state index is 13.1. The Morgan fingerprint density at radius 1 is 1.46 bits per heavy atom. The Hall–Kier alpha value is -0.250. The van der Waals surface area contributed by atoms with Gasteiger partial charge in [0, 0.05) is 18.8 Å². The van der Waals surface area contributed by atoms with Gasteiger partial charge in [-0.05, 0) is 24.7 Å². The quantitative estimate of drug-likeness (QED) is 0.700. The first-order valence-corrected chi connectivity index (χ1v) is 5.06. The molecule has 74 valence electrons. The van der Waals surface area contributed by atoms with E-state index in [-0.39, 0.29) is 12.3 Å². The molecule has 0 aromatic heterocycles. The Kier molecular flexibility index (Phi) is 2.06. The van der Waals surface area contributed by atoms with Crippen LogP contribution < -0.4 is 5.73 Å². The summed E-state index contributed by atoms with van der Waals surface area (Å²) >= 11 is 4.80. The average molecular weight is 205 g/mol. The molecule has 13 heavy (non-hydrogen) atoms. The molecule has 0 saturated heterocycles. The van der Waals surface area contributed by atoms with E-state index in [4.69, 9.17) is 18.0 Å². The van der Waals surface area contributed by atoms with E-state index in [0.29, 0.717) is 30.2 Å². The van der Waals surface area contributed by atoms with Gasteiger partial charge in [-0.1, -0.05) is 12.2 Å². The zero-order valence-electron chi connectivity index (χ0n) is 7.30. The van der Waals surface area contributed by atoms with E-state index in [1.54, 1.807) is 0 Å². The lowest BCUT2D eigenvalue weighted by Gasteiger charge is -2.27. The van der Waals surface area contributed by atoms with Gasteiger partial charge in [0.2, 0.25) is 0 Å². The fourth-order valence-electron chi connectivity index (χ4n) is 2.83. The third-order valence-electron chi connectivity index (χ3n) is 3.44. The van der Waals surface area contributed by atoms with Crippen molar-refractivity contribution in [2.45, 2.75) is 31.6 Å². The van der Waals surface area contributed by atoms with Crippen molar-refractivity contribution in [3.63, 3.8) is 0 Å². The van der Waals surface area contributed by atoms with Crippen LogP contribution in [0, 0.1) is 17.8 Å². The van der Waals surface area contributed by atoms with Crippen molar-refractivity contribution in [2.24, 2.45) is 23.5 Å². The van der Waals surface area contributed by atoms with Crippen LogP contribution >= 0.6 is 12.2 Å². The van der Waals surface area contributed by atoms with Gasteiger partial charge in [-0.25, -0.2) is 8.78 Å². The summed E-state index contributed by atoms with van der Waals surface area (Å²) in [6, 6.07) is 0. The molecule has 2 N–H and O–H groups in total. The molecular formula is C9H13F2NS. The molecule has 2 bridgehead atoms. The third-order valence-corrected chi connectivity index (χ3v) is 3.60. The second-order valence-corrected chi connectivity index (χ2v) is 4.85. The van der Waals surface area contributed by atoms with Crippen LogP contribution in [-0.4, -0.2) is 10.9 Å². The summed E-state index contributed by atoms with van der Waals surface area (Å²) < 4.78 is 26.2. The molecule has 2 rings (SSSR count). The maximum Gasteiger partial charge on any atom is 0.251 e. The molecule has 0 aliphatic heterocycles. The van der Waals surface area contributed by atoms with Crippen LogP contribution in [-0.2, 0) is 0 Å². The van der Waals surface area contributed by atoms with Crippen molar-refractivity contribution < 1.29 is 8.78 Å². The molecule has 2 aliphatic carbocycles. The molecule has 3 atom stereocenters. The summed E-state index contributed by atoms with van der Waals surface area (Å²) in [4.78, 5) is 0.473. The van der Waals surface area contributed by atoms with E-state index in [9.17, 15) is 8.78 Å². The van der Waals surface area contributed by atoms with Crippen LogP contribution in [0.2, 0.25) is 0 Å². The van der Waals surface area contributed by atoms with Crippen LogP contribution in [0.1, 0.15) is 25.7 Å². The predicted molar refractivity (Wildman–Crippen MR) is 50.7 cm³/mol. The molecule has 0 radical (unpaired) electrons. The first-order chi connectivity index (χ1) is 5.99. The molecule has 0 aromatic rings. The molecule has 2 saturated carbocycles. The fourth-order valence-corrected chi connectivity index (χ4v) is 3.05. The third kappa shape index (κ3) is 1.56. The normalized spacial score (nSPS) is 40.9. The van der Waals surface area contributed by atoms with Crippen molar-refractivity contribution in [3.05, 3.63) is 0 Å². The predicted octanol–water partition coefficient (Wildman–Crippen LogP) is 2.34. The number of thiocarbonyl (C=S) groups is 1. The van der Waals surface area contributed by atoms with E-state index >= 15 is 0 Å². The first-order valence-electron chi connectivity index (χ1n) is 4.65. The number of hydrogen-bond donors (Lipinski definition) is 1. The number of rotatable bonds is 2. The Morgan fingerprint density at radius 2 is 2.15 bits per heavy atom.